The molecule has 0 bridgehead atoms. The summed E-state index contributed by atoms with van der Waals surface area (Å²) in [5.41, 5.74) is 1.25. The summed E-state index contributed by atoms with van der Waals surface area (Å²) in [6.07, 6.45) is 1.45. The number of hydrogen-bond acceptors (Lipinski definition) is 2. The Morgan fingerprint density at radius 1 is 1.07 bits per heavy atom. The maximum absolute atomic E-state index is 5.73. The molecule has 0 amide bonds. The van der Waals surface area contributed by atoms with Crippen LogP contribution in [0.15, 0.2) is 30.3 Å². The molecule has 76 valence electrons. The summed E-state index contributed by atoms with van der Waals surface area (Å²) in [5, 5.41) is 0. The first-order valence-corrected chi connectivity index (χ1v) is 5.14. The highest BCUT2D eigenvalue weighted by molar-refractivity contribution is 5.17. The fraction of sp³-hybridized carbons (Fsp3) is 0.500. The van der Waals surface area contributed by atoms with Crippen molar-refractivity contribution in [2.24, 2.45) is 0 Å². The van der Waals surface area contributed by atoms with Crippen molar-refractivity contribution >= 4 is 0 Å². The van der Waals surface area contributed by atoms with Crippen molar-refractivity contribution in [3.63, 3.8) is 0 Å². The zero-order valence-electron chi connectivity index (χ0n) is 8.48. The Bertz CT molecular complexity index is 271. The molecule has 1 fully saturated rings. The van der Waals surface area contributed by atoms with E-state index < -0.39 is 0 Å². The molecule has 0 saturated carbocycles. The largest absolute Gasteiger partial charge is 0.376 e. The summed E-state index contributed by atoms with van der Waals surface area (Å²) < 4.78 is 11.3. The minimum atomic E-state index is 0.202. The molecule has 2 atom stereocenters. The molecular formula is C12H16O2. The van der Waals surface area contributed by atoms with Gasteiger partial charge in [0.2, 0.25) is 0 Å². The molecule has 1 saturated heterocycles. The van der Waals surface area contributed by atoms with Crippen LogP contribution in [0.25, 0.3) is 0 Å². The molecule has 0 aromatic heterocycles. The van der Waals surface area contributed by atoms with E-state index in [0.717, 1.165) is 6.42 Å². The summed E-state index contributed by atoms with van der Waals surface area (Å²) in [5.74, 6) is 0. The quantitative estimate of drug-likeness (QED) is 0.680. The topological polar surface area (TPSA) is 18.5 Å². The summed E-state index contributed by atoms with van der Waals surface area (Å²) in [6, 6.07) is 10.4. The van der Waals surface area contributed by atoms with Crippen LogP contribution in [0.5, 0.6) is 0 Å². The third-order valence-corrected chi connectivity index (χ3v) is 2.52. The zero-order valence-corrected chi connectivity index (χ0v) is 8.48. The second kappa shape index (κ2) is 4.58. The number of benzene rings is 1. The Kier molecular flexibility index (Phi) is 3.17. The van der Waals surface area contributed by atoms with E-state index in [9.17, 15) is 0 Å². The van der Waals surface area contributed by atoms with Crippen molar-refractivity contribution in [1.82, 2.24) is 0 Å². The van der Waals surface area contributed by atoms with Crippen molar-refractivity contribution < 1.29 is 9.47 Å². The van der Waals surface area contributed by atoms with Gasteiger partial charge in [-0.1, -0.05) is 30.3 Å². The van der Waals surface area contributed by atoms with Crippen molar-refractivity contribution in [3.8, 4) is 0 Å². The summed E-state index contributed by atoms with van der Waals surface area (Å²) in [6.45, 7) is 3.51. The fourth-order valence-electron chi connectivity index (χ4n) is 1.78. The highest BCUT2D eigenvalue weighted by atomic mass is 16.5. The normalized spacial score (nSPS) is 28.4. The molecule has 1 aromatic carbocycles. The van der Waals surface area contributed by atoms with Crippen molar-refractivity contribution in [2.45, 2.75) is 25.6 Å². The molecule has 2 heteroatoms. The third-order valence-electron chi connectivity index (χ3n) is 2.52. The standard InChI is InChI=1S/C12H16O2/c1-10-9-12(14-8-7-13-10)11-5-3-2-4-6-11/h2-6,10,12H,7-9H2,1H3. The van der Waals surface area contributed by atoms with Gasteiger partial charge in [0.05, 0.1) is 25.4 Å². The van der Waals surface area contributed by atoms with Gasteiger partial charge in [0.15, 0.2) is 0 Å². The molecule has 1 aliphatic rings. The van der Waals surface area contributed by atoms with E-state index in [2.05, 4.69) is 31.2 Å². The molecule has 0 N–H and O–H groups in total. The van der Waals surface area contributed by atoms with E-state index in [1.54, 1.807) is 0 Å². The van der Waals surface area contributed by atoms with Crippen LogP contribution in [-0.2, 0) is 9.47 Å². The second-order valence-corrected chi connectivity index (χ2v) is 3.69. The second-order valence-electron chi connectivity index (χ2n) is 3.69. The van der Waals surface area contributed by atoms with E-state index >= 15 is 0 Å². The maximum Gasteiger partial charge on any atom is 0.0850 e. The first-order valence-electron chi connectivity index (χ1n) is 5.14. The molecule has 1 aromatic rings. The molecule has 1 heterocycles. The fourth-order valence-corrected chi connectivity index (χ4v) is 1.78. The number of ether oxygens (including phenoxy) is 2. The van der Waals surface area contributed by atoms with Crippen LogP contribution >= 0.6 is 0 Å². The van der Waals surface area contributed by atoms with Gasteiger partial charge in [0.25, 0.3) is 0 Å². The van der Waals surface area contributed by atoms with E-state index in [4.69, 9.17) is 9.47 Å². The van der Waals surface area contributed by atoms with Crippen molar-refractivity contribution in [2.75, 3.05) is 13.2 Å². The van der Waals surface area contributed by atoms with Crippen LogP contribution in [0.4, 0.5) is 0 Å². The van der Waals surface area contributed by atoms with E-state index in [1.807, 2.05) is 6.07 Å². The lowest BCUT2D eigenvalue weighted by molar-refractivity contribution is 0.0498. The van der Waals surface area contributed by atoms with Gasteiger partial charge in [-0.2, -0.15) is 0 Å². The van der Waals surface area contributed by atoms with Gasteiger partial charge in [0.1, 0.15) is 0 Å². The van der Waals surface area contributed by atoms with Crippen LogP contribution < -0.4 is 0 Å². The lowest BCUT2D eigenvalue weighted by Crippen LogP contribution is -2.09. The van der Waals surface area contributed by atoms with Crippen molar-refractivity contribution in [1.29, 1.82) is 0 Å². The van der Waals surface area contributed by atoms with Gasteiger partial charge in [-0.15, -0.1) is 0 Å². The van der Waals surface area contributed by atoms with Crippen LogP contribution in [-0.4, -0.2) is 19.3 Å². The predicted octanol–water partition coefficient (Wildman–Crippen LogP) is 2.55. The Morgan fingerprint density at radius 3 is 2.57 bits per heavy atom. The highest BCUT2D eigenvalue weighted by Crippen LogP contribution is 2.25. The smallest absolute Gasteiger partial charge is 0.0850 e. The predicted molar refractivity (Wildman–Crippen MR) is 55.2 cm³/mol. The van der Waals surface area contributed by atoms with Crippen molar-refractivity contribution in [3.05, 3.63) is 35.9 Å². The first kappa shape index (κ1) is 9.69. The van der Waals surface area contributed by atoms with E-state index in [0.29, 0.717) is 19.3 Å². The highest BCUT2D eigenvalue weighted by Gasteiger charge is 2.19. The monoisotopic (exact) mass is 192 g/mol. The molecule has 1 aliphatic heterocycles. The molecule has 0 aliphatic carbocycles. The van der Waals surface area contributed by atoms with Gasteiger partial charge in [-0.3, -0.25) is 0 Å². The summed E-state index contributed by atoms with van der Waals surface area (Å²) in [4.78, 5) is 0. The van der Waals surface area contributed by atoms with Crippen LogP contribution in [0.2, 0.25) is 0 Å². The SMILES string of the molecule is CC1CC(c2ccccc2)OCCO1. The lowest BCUT2D eigenvalue weighted by atomic mass is 10.0. The van der Waals surface area contributed by atoms with Crippen LogP contribution in [0, 0.1) is 0 Å². The molecular weight excluding hydrogens is 176 g/mol. The van der Waals surface area contributed by atoms with Gasteiger partial charge in [-0.05, 0) is 12.5 Å². The number of rotatable bonds is 1. The number of hydrogen-bond donors (Lipinski definition) is 0. The molecule has 0 spiro atoms. The average Bonchev–Trinajstić information content (AvgIpc) is 2.44. The van der Waals surface area contributed by atoms with E-state index in [-0.39, 0.29) is 6.10 Å². The minimum Gasteiger partial charge on any atom is -0.376 e. The van der Waals surface area contributed by atoms with Crippen LogP contribution in [0.3, 0.4) is 0 Å². The van der Waals surface area contributed by atoms with E-state index in [1.165, 1.54) is 5.56 Å². The van der Waals surface area contributed by atoms with Gasteiger partial charge in [0, 0.05) is 6.42 Å². The van der Waals surface area contributed by atoms with Gasteiger partial charge < -0.3 is 9.47 Å². The molecule has 2 nitrogen and oxygen atoms in total. The average molecular weight is 192 g/mol. The third kappa shape index (κ3) is 2.34. The summed E-state index contributed by atoms with van der Waals surface area (Å²) in [7, 11) is 0. The van der Waals surface area contributed by atoms with Gasteiger partial charge >= 0.3 is 0 Å². The lowest BCUT2D eigenvalue weighted by Gasteiger charge is -2.16. The zero-order chi connectivity index (χ0) is 9.80. The molecule has 2 unspecified atom stereocenters. The Labute approximate surface area is 84.8 Å². The molecule has 14 heavy (non-hydrogen) atoms. The van der Waals surface area contributed by atoms with Gasteiger partial charge in [-0.25, -0.2) is 0 Å². The van der Waals surface area contributed by atoms with Crippen LogP contribution in [0.1, 0.15) is 25.0 Å². The summed E-state index contributed by atoms with van der Waals surface area (Å²) >= 11 is 0. The Morgan fingerprint density at radius 2 is 1.79 bits per heavy atom. The molecule has 0 radical (unpaired) electrons. The Hall–Kier alpha value is -0.860. The first-order chi connectivity index (χ1) is 6.86. The molecule has 2 rings (SSSR count). The minimum absolute atomic E-state index is 0.202. The Balaban J connectivity index is 2.09. The maximum atomic E-state index is 5.73.